The molecular formula is C14H12BrN3O2S. The number of hydrogen-bond acceptors (Lipinski definition) is 3. The van der Waals surface area contributed by atoms with Crippen LogP contribution in [0.2, 0.25) is 0 Å². The second-order valence-electron chi connectivity index (χ2n) is 4.49. The smallest absolute Gasteiger partial charge is 0.264 e. The van der Waals surface area contributed by atoms with Gasteiger partial charge in [0.05, 0.1) is 15.9 Å². The number of H-pyrrole nitrogens is 1. The number of fused-ring (bicyclic) bond motifs is 1. The average molecular weight is 366 g/mol. The van der Waals surface area contributed by atoms with Gasteiger partial charge in [0.1, 0.15) is 0 Å². The first-order chi connectivity index (χ1) is 10.1. The van der Waals surface area contributed by atoms with Crippen LogP contribution in [0.3, 0.4) is 0 Å². The van der Waals surface area contributed by atoms with E-state index in [9.17, 15) is 8.42 Å². The second-order valence-corrected chi connectivity index (χ2v) is 6.73. The molecule has 0 saturated carbocycles. The summed E-state index contributed by atoms with van der Waals surface area (Å²) in [4.78, 5) is 7.34. The quantitative estimate of drug-likeness (QED) is 0.696. The molecule has 0 unspecified atom stereocenters. The summed E-state index contributed by atoms with van der Waals surface area (Å²) < 4.78 is 27.0. The maximum atomic E-state index is 12.3. The highest BCUT2D eigenvalue weighted by atomic mass is 79.9. The highest BCUT2D eigenvalue weighted by Crippen LogP contribution is 2.18. The second kappa shape index (κ2) is 5.50. The first-order valence-corrected chi connectivity index (χ1v) is 8.81. The number of alkyl halides is 1. The van der Waals surface area contributed by atoms with Crippen LogP contribution in [0.25, 0.3) is 11.0 Å². The third-order valence-corrected chi connectivity index (χ3v) is 5.01. The zero-order valence-electron chi connectivity index (χ0n) is 10.9. The molecule has 0 spiro atoms. The fraction of sp³-hybridized carbons (Fsp3) is 0.0714. The molecule has 0 amide bonds. The lowest BCUT2D eigenvalue weighted by atomic mass is 10.2. The van der Waals surface area contributed by atoms with Crippen molar-refractivity contribution < 1.29 is 8.42 Å². The number of rotatable bonds is 4. The molecule has 0 saturated heterocycles. The van der Waals surface area contributed by atoms with E-state index < -0.39 is 10.0 Å². The van der Waals surface area contributed by atoms with Crippen LogP contribution in [0.4, 0.5) is 5.95 Å². The fourth-order valence-electron chi connectivity index (χ4n) is 1.95. The number of sulfonamides is 1. The number of aromatic amines is 1. The molecule has 0 bridgehead atoms. The summed E-state index contributed by atoms with van der Waals surface area (Å²) in [5, 5.41) is 0.685. The molecule has 108 valence electrons. The Bertz CT molecular complexity index is 840. The zero-order chi connectivity index (χ0) is 14.9. The van der Waals surface area contributed by atoms with Gasteiger partial charge in [0, 0.05) is 5.33 Å². The molecule has 21 heavy (non-hydrogen) atoms. The van der Waals surface area contributed by atoms with E-state index in [1.165, 1.54) is 0 Å². The Morgan fingerprint density at radius 2 is 1.81 bits per heavy atom. The van der Waals surface area contributed by atoms with Gasteiger partial charge in [0.25, 0.3) is 10.0 Å². The molecule has 3 aromatic rings. The number of imidazole rings is 1. The Balaban J connectivity index is 1.91. The molecule has 3 rings (SSSR count). The van der Waals surface area contributed by atoms with Crippen LogP contribution >= 0.6 is 15.9 Å². The summed E-state index contributed by atoms with van der Waals surface area (Å²) in [5.41, 5.74) is 2.51. The van der Waals surface area contributed by atoms with E-state index in [2.05, 4.69) is 30.6 Å². The van der Waals surface area contributed by atoms with Crippen LogP contribution in [0.5, 0.6) is 0 Å². The van der Waals surface area contributed by atoms with E-state index in [-0.39, 0.29) is 10.8 Å². The lowest BCUT2D eigenvalue weighted by molar-refractivity contribution is 0.601. The Morgan fingerprint density at radius 1 is 1.10 bits per heavy atom. The maximum Gasteiger partial charge on any atom is 0.264 e. The largest absolute Gasteiger partial charge is 0.323 e. The minimum Gasteiger partial charge on any atom is -0.323 e. The van der Waals surface area contributed by atoms with Crippen molar-refractivity contribution in [3.8, 4) is 0 Å². The van der Waals surface area contributed by atoms with Gasteiger partial charge in [-0.2, -0.15) is 0 Å². The first kappa shape index (κ1) is 14.1. The van der Waals surface area contributed by atoms with E-state index in [1.54, 1.807) is 24.3 Å². The fourth-order valence-corrected chi connectivity index (χ4v) is 3.28. The standard InChI is InChI=1S/C14H12BrN3O2S/c15-9-10-5-7-11(8-6-10)21(19,20)18-14-16-12-3-1-2-4-13(12)17-14/h1-8H,9H2,(H2,16,17,18). The van der Waals surface area contributed by atoms with Gasteiger partial charge in [-0.3, -0.25) is 0 Å². The van der Waals surface area contributed by atoms with E-state index in [0.29, 0.717) is 10.8 Å². The first-order valence-electron chi connectivity index (χ1n) is 6.21. The molecule has 0 aliphatic rings. The molecule has 2 aromatic carbocycles. The van der Waals surface area contributed by atoms with Crippen LogP contribution in [-0.4, -0.2) is 18.4 Å². The van der Waals surface area contributed by atoms with Crippen molar-refractivity contribution in [1.82, 2.24) is 9.97 Å². The number of halogens is 1. The monoisotopic (exact) mass is 365 g/mol. The van der Waals surface area contributed by atoms with E-state index in [1.807, 2.05) is 24.3 Å². The molecule has 2 N–H and O–H groups in total. The maximum absolute atomic E-state index is 12.3. The van der Waals surface area contributed by atoms with Crippen molar-refractivity contribution in [2.75, 3.05) is 4.72 Å². The van der Waals surface area contributed by atoms with Gasteiger partial charge in [-0.25, -0.2) is 18.1 Å². The normalized spacial score (nSPS) is 11.7. The molecule has 0 radical (unpaired) electrons. The van der Waals surface area contributed by atoms with Crippen LogP contribution in [0.1, 0.15) is 5.56 Å². The number of hydrogen-bond donors (Lipinski definition) is 2. The number of aromatic nitrogens is 2. The van der Waals surface area contributed by atoms with E-state index >= 15 is 0 Å². The summed E-state index contributed by atoms with van der Waals surface area (Å²) in [5.74, 6) is 0.209. The third-order valence-electron chi connectivity index (χ3n) is 3.01. The molecule has 0 fully saturated rings. The van der Waals surface area contributed by atoms with Crippen molar-refractivity contribution in [3.05, 3.63) is 54.1 Å². The Kier molecular flexibility index (Phi) is 3.69. The molecule has 7 heteroatoms. The van der Waals surface area contributed by atoms with Gasteiger partial charge in [-0.15, -0.1) is 0 Å². The van der Waals surface area contributed by atoms with Gasteiger partial charge in [-0.1, -0.05) is 40.2 Å². The summed E-state index contributed by atoms with van der Waals surface area (Å²) >= 11 is 3.33. The van der Waals surface area contributed by atoms with Crippen LogP contribution in [-0.2, 0) is 15.4 Å². The zero-order valence-corrected chi connectivity index (χ0v) is 13.3. The number of anilines is 1. The number of benzene rings is 2. The van der Waals surface area contributed by atoms with Crippen molar-refractivity contribution in [3.63, 3.8) is 0 Å². The van der Waals surface area contributed by atoms with Gasteiger partial charge >= 0.3 is 0 Å². The van der Waals surface area contributed by atoms with Gasteiger partial charge in [-0.05, 0) is 29.8 Å². The van der Waals surface area contributed by atoms with Gasteiger partial charge in [0.2, 0.25) is 5.95 Å². The minimum atomic E-state index is -3.65. The Labute approximate surface area is 130 Å². The van der Waals surface area contributed by atoms with Crippen molar-refractivity contribution >= 4 is 42.9 Å². The summed E-state index contributed by atoms with van der Waals surface area (Å²) in [6.07, 6.45) is 0. The van der Waals surface area contributed by atoms with Crippen LogP contribution in [0, 0.1) is 0 Å². The van der Waals surface area contributed by atoms with Crippen molar-refractivity contribution in [1.29, 1.82) is 0 Å². The average Bonchev–Trinajstić information content (AvgIpc) is 2.88. The van der Waals surface area contributed by atoms with Crippen molar-refractivity contribution in [2.45, 2.75) is 10.2 Å². The molecule has 0 atom stereocenters. The molecule has 0 aliphatic heterocycles. The number of para-hydroxylation sites is 2. The van der Waals surface area contributed by atoms with Crippen molar-refractivity contribution in [2.24, 2.45) is 0 Å². The van der Waals surface area contributed by atoms with E-state index in [0.717, 1.165) is 11.1 Å². The predicted octanol–water partition coefficient (Wildman–Crippen LogP) is 3.26. The summed E-state index contributed by atoms with van der Waals surface area (Å²) in [6.45, 7) is 0. The predicted molar refractivity (Wildman–Crippen MR) is 86.0 cm³/mol. The lowest BCUT2D eigenvalue weighted by Gasteiger charge is -2.05. The molecule has 1 aromatic heterocycles. The molecular weight excluding hydrogens is 354 g/mol. The number of nitrogens with one attached hydrogen (secondary N) is 2. The highest BCUT2D eigenvalue weighted by Gasteiger charge is 2.16. The third kappa shape index (κ3) is 2.93. The molecule has 0 aliphatic carbocycles. The topological polar surface area (TPSA) is 74.8 Å². The van der Waals surface area contributed by atoms with E-state index in [4.69, 9.17) is 0 Å². The summed E-state index contributed by atoms with van der Waals surface area (Å²) in [6, 6.07) is 14.0. The SMILES string of the molecule is O=S(=O)(Nc1nc2ccccc2[nH]1)c1ccc(CBr)cc1. The Hall–Kier alpha value is -1.86. The lowest BCUT2D eigenvalue weighted by Crippen LogP contribution is -2.13. The highest BCUT2D eigenvalue weighted by molar-refractivity contribution is 9.08. The van der Waals surface area contributed by atoms with Gasteiger partial charge in [0.15, 0.2) is 0 Å². The molecule has 1 heterocycles. The number of nitrogens with zero attached hydrogens (tertiary/aromatic N) is 1. The Morgan fingerprint density at radius 3 is 2.48 bits per heavy atom. The summed E-state index contributed by atoms with van der Waals surface area (Å²) in [7, 11) is -3.65. The minimum absolute atomic E-state index is 0.202. The van der Waals surface area contributed by atoms with Crippen LogP contribution in [0.15, 0.2) is 53.4 Å². The molecule has 5 nitrogen and oxygen atoms in total. The van der Waals surface area contributed by atoms with Crippen LogP contribution < -0.4 is 4.72 Å². The van der Waals surface area contributed by atoms with Gasteiger partial charge < -0.3 is 4.98 Å².